The number of hydrogen-bond donors (Lipinski definition) is 1. The van der Waals surface area contributed by atoms with E-state index in [0.717, 1.165) is 5.56 Å². The first-order valence-electron chi connectivity index (χ1n) is 9.36. The molecule has 0 bridgehead atoms. The van der Waals surface area contributed by atoms with Crippen molar-refractivity contribution in [3.8, 4) is 28.7 Å². The Kier molecular flexibility index (Phi) is 4.33. The molecule has 0 unspecified atom stereocenters. The van der Waals surface area contributed by atoms with E-state index in [4.69, 9.17) is 4.52 Å². The van der Waals surface area contributed by atoms with Crippen molar-refractivity contribution < 1.29 is 9.63 Å². The van der Waals surface area contributed by atoms with Gasteiger partial charge in [0.25, 0.3) is 11.4 Å². The molecule has 30 heavy (non-hydrogen) atoms. The first-order valence-corrected chi connectivity index (χ1v) is 9.36. The van der Waals surface area contributed by atoms with Gasteiger partial charge in [0.15, 0.2) is 5.69 Å². The molecule has 0 saturated carbocycles. The largest absolute Gasteiger partial charge is 0.508 e. The van der Waals surface area contributed by atoms with Crippen molar-refractivity contribution in [2.75, 3.05) is 0 Å². The van der Waals surface area contributed by atoms with Crippen LogP contribution in [0.1, 0.15) is 5.56 Å². The number of aromatic nitrogens is 4. The summed E-state index contributed by atoms with van der Waals surface area (Å²) in [5.41, 5.74) is 1.92. The minimum Gasteiger partial charge on any atom is -0.508 e. The van der Waals surface area contributed by atoms with E-state index in [9.17, 15) is 9.90 Å². The summed E-state index contributed by atoms with van der Waals surface area (Å²) >= 11 is 0. The van der Waals surface area contributed by atoms with Crippen LogP contribution in [0.3, 0.4) is 0 Å². The summed E-state index contributed by atoms with van der Waals surface area (Å²) in [7, 11) is 0. The molecule has 0 fully saturated rings. The van der Waals surface area contributed by atoms with E-state index in [1.807, 2.05) is 48.5 Å². The van der Waals surface area contributed by atoms with Gasteiger partial charge in [-0.2, -0.15) is 10.1 Å². The molecule has 0 aliphatic carbocycles. The van der Waals surface area contributed by atoms with E-state index in [2.05, 4.69) is 15.2 Å². The third kappa shape index (κ3) is 3.22. The van der Waals surface area contributed by atoms with Crippen LogP contribution in [0.4, 0.5) is 0 Å². The zero-order valence-corrected chi connectivity index (χ0v) is 15.8. The molecule has 0 amide bonds. The molecule has 3 aromatic carbocycles. The van der Waals surface area contributed by atoms with Gasteiger partial charge >= 0.3 is 0 Å². The summed E-state index contributed by atoms with van der Waals surface area (Å²) in [4.78, 5) is 17.5. The maximum absolute atomic E-state index is 13.0. The molecule has 146 valence electrons. The van der Waals surface area contributed by atoms with Crippen LogP contribution in [-0.2, 0) is 6.54 Å². The third-order valence-corrected chi connectivity index (χ3v) is 4.80. The Labute approximate surface area is 170 Å². The quantitative estimate of drug-likeness (QED) is 0.496. The van der Waals surface area contributed by atoms with Crippen LogP contribution in [0.15, 0.2) is 88.2 Å². The van der Waals surface area contributed by atoms with Crippen LogP contribution in [0, 0.1) is 0 Å². The van der Waals surface area contributed by atoms with Crippen molar-refractivity contribution in [2.45, 2.75) is 6.54 Å². The Morgan fingerprint density at radius 2 is 1.57 bits per heavy atom. The minimum atomic E-state index is -0.184. The molecule has 0 aliphatic heterocycles. The van der Waals surface area contributed by atoms with Crippen LogP contribution >= 0.6 is 0 Å². The van der Waals surface area contributed by atoms with E-state index in [1.54, 1.807) is 30.3 Å². The fraction of sp³-hybridized carbons (Fsp3) is 0.0435. The molecule has 2 heterocycles. The van der Waals surface area contributed by atoms with Gasteiger partial charge in [-0.05, 0) is 35.9 Å². The number of fused-ring (bicyclic) bond motifs is 1. The van der Waals surface area contributed by atoms with Gasteiger partial charge in [0.1, 0.15) is 5.75 Å². The third-order valence-electron chi connectivity index (χ3n) is 4.80. The molecule has 0 saturated heterocycles. The van der Waals surface area contributed by atoms with Gasteiger partial charge in [-0.15, -0.1) is 0 Å². The minimum absolute atomic E-state index is 0.156. The lowest BCUT2D eigenvalue weighted by molar-refractivity contribution is 0.429. The maximum Gasteiger partial charge on any atom is 0.279 e. The molecule has 7 heteroatoms. The number of hydrogen-bond acceptors (Lipinski definition) is 6. The lowest BCUT2D eigenvalue weighted by Crippen LogP contribution is -2.24. The smallest absolute Gasteiger partial charge is 0.279 e. The van der Waals surface area contributed by atoms with Gasteiger partial charge in [-0.3, -0.25) is 4.79 Å². The normalized spacial score (nSPS) is 11.1. The Morgan fingerprint density at radius 3 is 2.33 bits per heavy atom. The second-order valence-corrected chi connectivity index (χ2v) is 6.81. The van der Waals surface area contributed by atoms with Gasteiger partial charge in [-0.1, -0.05) is 53.7 Å². The molecule has 0 radical (unpaired) electrons. The van der Waals surface area contributed by atoms with Crippen molar-refractivity contribution >= 4 is 10.8 Å². The van der Waals surface area contributed by atoms with Gasteiger partial charge in [-0.25, -0.2) is 4.68 Å². The molecule has 0 atom stereocenters. The van der Waals surface area contributed by atoms with E-state index in [1.165, 1.54) is 4.68 Å². The Morgan fingerprint density at radius 1 is 0.867 bits per heavy atom. The van der Waals surface area contributed by atoms with E-state index in [0.29, 0.717) is 34.4 Å². The van der Waals surface area contributed by atoms with Gasteiger partial charge < -0.3 is 9.63 Å². The summed E-state index contributed by atoms with van der Waals surface area (Å²) in [6.45, 7) is 0.330. The number of nitrogens with zero attached hydrogens (tertiary/aromatic N) is 4. The van der Waals surface area contributed by atoms with E-state index in [-0.39, 0.29) is 17.2 Å². The molecular formula is C23H16N4O3. The fourth-order valence-corrected chi connectivity index (χ4v) is 3.30. The van der Waals surface area contributed by atoms with Crippen molar-refractivity contribution in [1.82, 2.24) is 19.9 Å². The lowest BCUT2D eigenvalue weighted by atomic mass is 10.1. The average Bonchev–Trinajstić information content (AvgIpc) is 3.27. The van der Waals surface area contributed by atoms with Crippen LogP contribution in [0.5, 0.6) is 5.75 Å². The van der Waals surface area contributed by atoms with Crippen LogP contribution < -0.4 is 5.56 Å². The standard InChI is InChI=1S/C23H16N4O3/c28-17-12-10-16(11-13-17)21-24-22(30-26-21)20-18-8-4-5-9-19(18)23(29)27(25-20)14-15-6-2-1-3-7-15/h1-13,28H,14H2. The number of phenols is 1. The van der Waals surface area contributed by atoms with E-state index < -0.39 is 0 Å². The van der Waals surface area contributed by atoms with Crippen molar-refractivity contribution in [3.05, 3.63) is 94.8 Å². The Bertz CT molecular complexity index is 1390. The van der Waals surface area contributed by atoms with Crippen LogP contribution in [0.2, 0.25) is 0 Å². The SMILES string of the molecule is O=c1c2ccccc2c(-c2nc(-c3ccc(O)cc3)no2)nn1Cc1ccccc1. The molecule has 5 rings (SSSR count). The molecule has 0 spiro atoms. The fourth-order valence-electron chi connectivity index (χ4n) is 3.30. The molecule has 5 aromatic rings. The highest BCUT2D eigenvalue weighted by atomic mass is 16.5. The number of rotatable bonds is 4. The molecule has 0 aliphatic rings. The second kappa shape index (κ2) is 7.29. The zero-order chi connectivity index (χ0) is 20.5. The van der Waals surface area contributed by atoms with Crippen LogP contribution in [0.25, 0.3) is 33.7 Å². The van der Waals surface area contributed by atoms with Gasteiger partial charge in [0.2, 0.25) is 5.82 Å². The predicted molar refractivity (Wildman–Crippen MR) is 112 cm³/mol. The number of phenolic OH excluding ortho intramolecular Hbond substituents is 1. The highest BCUT2D eigenvalue weighted by Crippen LogP contribution is 2.26. The van der Waals surface area contributed by atoms with Gasteiger partial charge in [0.05, 0.1) is 11.9 Å². The number of aromatic hydroxyl groups is 1. The first kappa shape index (κ1) is 17.8. The van der Waals surface area contributed by atoms with Crippen molar-refractivity contribution in [2.24, 2.45) is 0 Å². The summed E-state index contributed by atoms with van der Waals surface area (Å²) in [5, 5.41) is 19.2. The summed E-state index contributed by atoms with van der Waals surface area (Å²) in [5.74, 6) is 0.746. The zero-order valence-electron chi connectivity index (χ0n) is 15.8. The highest BCUT2D eigenvalue weighted by molar-refractivity contribution is 5.92. The topological polar surface area (TPSA) is 94.0 Å². The highest BCUT2D eigenvalue weighted by Gasteiger charge is 2.18. The van der Waals surface area contributed by atoms with E-state index >= 15 is 0 Å². The average molecular weight is 396 g/mol. The first-order chi connectivity index (χ1) is 14.7. The monoisotopic (exact) mass is 396 g/mol. The maximum atomic E-state index is 13.0. The lowest BCUT2D eigenvalue weighted by Gasteiger charge is -2.09. The Balaban J connectivity index is 1.64. The van der Waals surface area contributed by atoms with Crippen molar-refractivity contribution in [1.29, 1.82) is 0 Å². The van der Waals surface area contributed by atoms with Crippen LogP contribution in [-0.4, -0.2) is 25.0 Å². The molecule has 1 N–H and O–H groups in total. The predicted octanol–water partition coefficient (Wildman–Crippen LogP) is 3.87. The summed E-state index contributed by atoms with van der Waals surface area (Å²) in [6.07, 6.45) is 0. The van der Waals surface area contributed by atoms with Crippen molar-refractivity contribution in [3.63, 3.8) is 0 Å². The van der Waals surface area contributed by atoms with Gasteiger partial charge in [0, 0.05) is 10.9 Å². The molecular weight excluding hydrogens is 380 g/mol. The number of benzene rings is 3. The Hall–Kier alpha value is -4.26. The second-order valence-electron chi connectivity index (χ2n) is 6.81. The summed E-state index contributed by atoms with van der Waals surface area (Å²) in [6, 6.07) is 23.4. The molecule has 2 aromatic heterocycles. The molecule has 7 nitrogen and oxygen atoms in total. The summed E-state index contributed by atoms with van der Waals surface area (Å²) < 4.78 is 6.90.